The zero-order valence-electron chi connectivity index (χ0n) is 11.7. The number of primary amides is 1. The molecule has 0 bridgehead atoms. The Bertz CT molecular complexity index is 754. The van der Waals surface area contributed by atoms with Crippen LogP contribution in [0.25, 0.3) is 0 Å². The summed E-state index contributed by atoms with van der Waals surface area (Å²) in [7, 11) is 0. The number of nitrogens with one attached hydrogen (secondary N) is 2. The molecule has 7 heteroatoms. The van der Waals surface area contributed by atoms with E-state index in [4.69, 9.17) is 5.73 Å². The van der Waals surface area contributed by atoms with E-state index in [0.717, 1.165) is 17.0 Å². The van der Waals surface area contributed by atoms with E-state index in [0.29, 0.717) is 23.5 Å². The van der Waals surface area contributed by atoms with Gasteiger partial charge in [-0.1, -0.05) is 12.1 Å². The van der Waals surface area contributed by atoms with Gasteiger partial charge in [0.1, 0.15) is 10.8 Å². The van der Waals surface area contributed by atoms with E-state index in [9.17, 15) is 14.7 Å². The van der Waals surface area contributed by atoms with Gasteiger partial charge in [-0.15, -0.1) is 11.3 Å². The molecule has 0 spiro atoms. The lowest BCUT2D eigenvalue weighted by Gasteiger charge is -2.12. The lowest BCUT2D eigenvalue weighted by atomic mass is 10.0. The molecule has 114 valence electrons. The Morgan fingerprint density at radius 3 is 2.82 bits per heavy atom. The molecule has 22 heavy (non-hydrogen) atoms. The van der Waals surface area contributed by atoms with Crippen LogP contribution in [0.4, 0.5) is 5.00 Å². The normalized spacial score (nSPS) is 13.5. The van der Waals surface area contributed by atoms with Crippen molar-refractivity contribution in [1.82, 2.24) is 5.32 Å². The van der Waals surface area contributed by atoms with Crippen molar-refractivity contribution in [2.45, 2.75) is 13.0 Å². The van der Waals surface area contributed by atoms with Crippen molar-refractivity contribution in [2.24, 2.45) is 5.73 Å². The number of carbonyl (C=O) groups excluding carboxylic acids is 2. The summed E-state index contributed by atoms with van der Waals surface area (Å²) in [5.74, 6) is -1.12. The number of amides is 2. The van der Waals surface area contributed by atoms with Crippen molar-refractivity contribution in [3.63, 3.8) is 0 Å². The molecule has 0 atom stereocenters. The van der Waals surface area contributed by atoms with E-state index in [2.05, 4.69) is 10.6 Å². The Hall–Kier alpha value is -2.38. The van der Waals surface area contributed by atoms with E-state index < -0.39 is 11.8 Å². The van der Waals surface area contributed by atoms with Gasteiger partial charge in [0.05, 0.1) is 11.1 Å². The molecule has 1 aliphatic rings. The summed E-state index contributed by atoms with van der Waals surface area (Å²) in [6.07, 6.45) is 0.705. The number of hydrogen-bond acceptors (Lipinski definition) is 5. The van der Waals surface area contributed by atoms with Crippen LogP contribution in [-0.4, -0.2) is 23.5 Å². The molecule has 0 unspecified atom stereocenters. The van der Waals surface area contributed by atoms with E-state index in [1.54, 1.807) is 12.1 Å². The summed E-state index contributed by atoms with van der Waals surface area (Å²) >= 11 is 1.34. The maximum atomic E-state index is 12.3. The highest BCUT2D eigenvalue weighted by Crippen LogP contribution is 2.35. The number of phenolic OH excluding ortho intramolecular Hbond substituents is 1. The van der Waals surface area contributed by atoms with Gasteiger partial charge in [-0.05, 0) is 30.7 Å². The fraction of sp³-hybridized carbons (Fsp3) is 0.200. The quantitative estimate of drug-likeness (QED) is 0.687. The van der Waals surface area contributed by atoms with Gasteiger partial charge in [0, 0.05) is 11.4 Å². The first-order chi connectivity index (χ1) is 10.6. The molecule has 3 rings (SSSR count). The number of aromatic hydroxyl groups is 1. The van der Waals surface area contributed by atoms with Crippen LogP contribution in [0.1, 0.15) is 31.2 Å². The van der Waals surface area contributed by atoms with Gasteiger partial charge in [-0.25, -0.2) is 0 Å². The lowest BCUT2D eigenvalue weighted by Crippen LogP contribution is -2.24. The number of para-hydroxylation sites is 1. The predicted octanol–water partition coefficient (Wildman–Crippen LogP) is 1.45. The van der Waals surface area contributed by atoms with Gasteiger partial charge >= 0.3 is 0 Å². The van der Waals surface area contributed by atoms with Gasteiger partial charge in [-0.2, -0.15) is 0 Å². The van der Waals surface area contributed by atoms with Crippen LogP contribution in [-0.2, 0) is 13.0 Å². The number of phenols is 1. The Morgan fingerprint density at radius 1 is 1.32 bits per heavy atom. The van der Waals surface area contributed by atoms with Crippen molar-refractivity contribution in [1.29, 1.82) is 0 Å². The first-order valence-electron chi connectivity index (χ1n) is 6.82. The Balaban J connectivity index is 1.95. The van der Waals surface area contributed by atoms with Crippen molar-refractivity contribution in [3.05, 3.63) is 45.8 Å². The topological polar surface area (TPSA) is 104 Å². The summed E-state index contributed by atoms with van der Waals surface area (Å²) in [6, 6.07) is 6.25. The molecule has 0 saturated heterocycles. The Labute approximate surface area is 131 Å². The third-order valence-electron chi connectivity index (χ3n) is 3.55. The van der Waals surface area contributed by atoms with Crippen molar-refractivity contribution in [3.8, 4) is 5.75 Å². The summed E-state index contributed by atoms with van der Waals surface area (Å²) < 4.78 is 0. The summed E-state index contributed by atoms with van der Waals surface area (Å²) in [4.78, 5) is 25.0. The van der Waals surface area contributed by atoms with Crippen LogP contribution >= 0.6 is 11.3 Å². The van der Waals surface area contributed by atoms with Crippen molar-refractivity contribution in [2.75, 3.05) is 11.9 Å². The Kier molecular flexibility index (Phi) is 3.82. The number of benzene rings is 1. The number of carbonyl (C=O) groups is 2. The summed E-state index contributed by atoms with van der Waals surface area (Å²) in [6.45, 7) is 1.43. The van der Waals surface area contributed by atoms with Gasteiger partial charge in [-0.3, -0.25) is 9.59 Å². The van der Waals surface area contributed by atoms with Gasteiger partial charge in [0.15, 0.2) is 0 Å². The molecule has 5 N–H and O–H groups in total. The average molecular weight is 317 g/mol. The molecule has 6 nitrogen and oxygen atoms in total. The van der Waals surface area contributed by atoms with Crippen LogP contribution in [0, 0.1) is 0 Å². The zero-order chi connectivity index (χ0) is 15.7. The van der Waals surface area contributed by atoms with Crippen molar-refractivity contribution < 1.29 is 14.7 Å². The van der Waals surface area contributed by atoms with Crippen LogP contribution in [0.15, 0.2) is 24.3 Å². The lowest BCUT2D eigenvalue weighted by molar-refractivity contribution is 0.100. The second kappa shape index (κ2) is 5.78. The van der Waals surface area contributed by atoms with Crippen LogP contribution in [0.2, 0.25) is 0 Å². The van der Waals surface area contributed by atoms with E-state index in [1.165, 1.54) is 23.5 Å². The molecule has 1 aromatic heterocycles. The smallest absolute Gasteiger partial charge is 0.260 e. The molecule has 1 aromatic carbocycles. The number of rotatable bonds is 3. The molecule has 0 saturated carbocycles. The third-order valence-corrected chi connectivity index (χ3v) is 4.70. The van der Waals surface area contributed by atoms with Gasteiger partial charge < -0.3 is 21.5 Å². The number of nitrogens with two attached hydrogens (primary N) is 1. The molecule has 0 fully saturated rings. The first kappa shape index (κ1) is 14.6. The summed E-state index contributed by atoms with van der Waals surface area (Å²) in [5, 5.41) is 16.1. The maximum Gasteiger partial charge on any atom is 0.260 e. The fourth-order valence-corrected chi connectivity index (χ4v) is 3.74. The molecular weight excluding hydrogens is 302 g/mol. The molecule has 2 heterocycles. The fourth-order valence-electron chi connectivity index (χ4n) is 2.52. The van der Waals surface area contributed by atoms with Gasteiger partial charge in [0.2, 0.25) is 0 Å². The maximum absolute atomic E-state index is 12.3. The molecular formula is C15H15N3O3S. The molecule has 2 amide bonds. The molecule has 0 aliphatic carbocycles. The largest absolute Gasteiger partial charge is 0.507 e. The zero-order valence-corrected chi connectivity index (χ0v) is 12.5. The number of hydrogen-bond donors (Lipinski definition) is 4. The minimum absolute atomic E-state index is 0.108. The van der Waals surface area contributed by atoms with E-state index >= 15 is 0 Å². The standard InChI is InChI=1S/C15H15N3O3S/c16-13(20)12-9-5-6-17-7-11(9)22-15(12)18-14(21)8-3-1-2-4-10(8)19/h1-4,17,19H,5-7H2,(H2,16,20)(H,18,21). The van der Waals surface area contributed by atoms with Crippen LogP contribution < -0.4 is 16.4 Å². The highest BCUT2D eigenvalue weighted by molar-refractivity contribution is 7.17. The third kappa shape index (κ3) is 2.56. The minimum atomic E-state index is -0.549. The SMILES string of the molecule is NC(=O)c1c(NC(=O)c2ccccc2O)sc2c1CCNC2. The number of anilines is 1. The van der Waals surface area contributed by atoms with E-state index in [1.807, 2.05) is 0 Å². The molecule has 2 aromatic rings. The second-order valence-electron chi connectivity index (χ2n) is 4.97. The second-order valence-corrected chi connectivity index (χ2v) is 6.08. The predicted molar refractivity (Wildman–Crippen MR) is 84.3 cm³/mol. The van der Waals surface area contributed by atoms with Crippen LogP contribution in [0.3, 0.4) is 0 Å². The highest BCUT2D eigenvalue weighted by Gasteiger charge is 2.25. The molecule has 1 aliphatic heterocycles. The van der Waals surface area contributed by atoms with Crippen molar-refractivity contribution >= 4 is 28.2 Å². The highest BCUT2D eigenvalue weighted by atomic mass is 32.1. The Morgan fingerprint density at radius 2 is 2.09 bits per heavy atom. The monoisotopic (exact) mass is 317 g/mol. The van der Waals surface area contributed by atoms with Crippen LogP contribution in [0.5, 0.6) is 5.75 Å². The number of fused-ring (bicyclic) bond motifs is 1. The summed E-state index contributed by atoms with van der Waals surface area (Å²) in [5.41, 5.74) is 6.92. The van der Waals surface area contributed by atoms with Gasteiger partial charge in [0.25, 0.3) is 11.8 Å². The number of thiophene rings is 1. The average Bonchev–Trinajstić information content (AvgIpc) is 2.85. The first-order valence-corrected chi connectivity index (χ1v) is 7.64. The minimum Gasteiger partial charge on any atom is -0.507 e. The molecule has 0 radical (unpaired) electrons. The van der Waals surface area contributed by atoms with E-state index in [-0.39, 0.29) is 11.3 Å².